The normalized spacial score (nSPS) is 15.4. The summed E-state index contributed by atoms with van der Waals surface area (Å²) in [6.45, 7) is 0.533. The van der Waals surface area contributed by atoms with Crippen LogP contribution in [0.3, 0.4) is 0 Å². The van der Waals surface area contributed by atoms with E-state index in [9.17, 15) is 13.6 Å². The fraction of sp³-hybridized carbons (Fsp3) is 0.368. The summed E-state index contributed by atoms with van der Waals surface area (Å²) in [6.07, 6.45) is 1.23. The van der Waals surface area contributed by atoms with Gasteiger partial charge in [0.15, 0.2) is 23.4 Å². The number of imidazole rings is 1. The van der Waals surface area contributed by atoms with Gasteiger partial charge in [-0.3, -0.25) is 4.57 Å². The average molecular weight is 387 g/mol. The van der Waals surface area contributed by atoms with Gasteiger partial charge in [0.25, 0.3) is 0 Å². The molecule has 1 aliphatic heterocycles. The van der Waals surface area contributed by atoms with Crippen molar-refractivity contribution in [3.05, 3.63) is 47.9 Å². The van der Waals surface area contributed by atoms with E-state index in [1.165, 1.54) is 13.0 Å². The molecule has 9 heteroatoms. The lowest BCUT2D eigenvalue weighted by molar-refractivity contribution is 0.0226. The molecular weight excluding hydrogens is 368 g/mol. The Morgan fingerprint density at radius 1 is 1.11 bits per heavy atom. The number of esters is 1. The van der Waals surface area contributed by atoms with Crippen molar-refractivity contribution < 1.29 is 18.3 Å². The van der Waals surface area contributed by atoms with Crippen molar-refractivity contribution >= 4 is 22.8 Å². The second kappa shape index (κ2) is 7.49. The number of carbonyl (C=O) groups excluding carboxylic acids is 1. The third kappa shape index (κ3) is 3.39. The first-order valence-corrected chi connectivity index (χ1v) is 9.09. The number of para-hydroxylation sites is 2. The minimum Gasteiger partial charge on any atom is -0.450 e. The maximum absolute atomic E-state index is 13.6. The molecule has 0 amide bonds. The van der Waals surface area contributed by atoms with Crippen molar-refractivity contribution in [1.29, 1.82) is 0 Å². The van der Waals surface area contributed by atoms with E-state index < -0.39 is 18.6 Å². The van der Waals surface area contributed by atoms with Crippen LogP contribution in [0.2, 0.25) is 0 Å². The van der Waals surface area contributed by atoms with Gasteiger partial charge in [0, 0.05) is 13.1 Å². The molecule has 2 aromatic heterocycles. The van der Waals surface area contributed by atoms with Gasteiger partial charge in [-0.05, 0) is 44.0 Å². The topological polar surface area (TPSA) is 73.1 Å². The van der Waals surface area contributed by atoms with Gasteiger partial charge in [0.05, 0.1) is 11.0 Å². The number of anilines is 1. The average Bonchev–Trinajstić information content (AvgIpc) is 3.36. The molecule has 1 saturated heterocycles. The Morgan fingerprint density at radius 2 is 1.86 bits per heavy atom. The van der Waals surface area contributed by atoms with Gasteiger partial charge in [-0.2, -0.15) is 8.78 Å². The summed E-state index contributed by atoms with van der Waals surface area (Å²) in [6, 6.07) is 9.80. The highest BCUT2D eigenvalue weighted by Gasteiger charge is 2.25. The van der Waals surface area contributed by atoms with Crippen LogP contribution in [0.25, 0.3) is 11.0 Å². The molecule has 0 saturated carbocycles. The second-order valence-corrected chi connectivity index (χ2v) is 6.62. The number of hydrogen-bond donors (Lipinski definition) is 0. The fourth-order valence-corrected chi connectivity index (χ4v) is 3.38. The molecule has 4 rings (SSSR count). The minimum absolute atomic E-state index is 0.0220. The van der Waals surface area contributed by atoms with Crippen LogP contribution in [0.1, 0.15) is 48.7 Å². The Balaban J connectivity index is 1.53. The van der Waals surface area contributed by atoms with Crippen LogP contribution in [0.4, 0.5) is 14.6 Å². The van der Waals surface area contributed by atoms with Crippen molar-refractivity contribution in [2.24, 2.45) is 0 Å². The predicted octanol–water partition coefficient (Wildman–Crippen LogP) is 3.74. The Hall–Kier alpha value is -3.10. The van der Waals surface area contributed by atoms with Crippen molar-refractivity contribution in [2.75, 3.05) is 18.0 Å². The maximum Gasteiger partial charge on any atom is 0.359 e. The molecule has 0 aliphatic carbocycles. The number of nitrogens with zero attached hydrogens (tertiary/aromatic N) is 5. The zero-order valence-electron chi connectivity index (χ0n) is 15.3. The predicted molar refractivity (Wildman–Crippen MR) is 98.3 cm³/mol. The van der Waals surface area contributed by atoms with Crippen LogP contribution in [-0.4, -0.2) is 38.8 Å². The van der Waals surface area contributed by atoms with E-state index in [4.69, 9.17) is 4.74 Å². The largest absolute Gasteiger partial charge is 0.450 e. The lowest BCUT2D eigenvalue weighted by Gasteiger charge is -2.16. The number of ether oxygens (including phenoxy) is 1. The molecule has 28 heavy (non-hydrogen) atoms. The van der Waals surface area contributed by atoms with Crippen LogP contribution < -0.4 is 4.90 Å². The number of alkyl halides is 2. The Morgan fingerprint density at radius 3 is 2.54 bits per heavy atom. The molecule has 1 aliphatic rings. The quantitative estimate of drug-likeness (QED) is 0.621. The van der Waals surface area contributed by atoms with Crippen molar-refractivity contribution in [2.45, 2.75) is 32.4 Å². The number of hydrogen-bond acceptors (Lipinski definition) is 6. The van der Waals surface area contributed by atoms with Gasteiger partial charge in [-0.1, -0.05) is 12.1 Å². The van der Waals surface area contributed by atoms with Gasteiger partial charge in [-0.15, -0.1) is 10.2 Å². The number of fused-ring (bicyclic) bond motifs is 1. The maximum atomic E-state index is 13.6. The number of carbonyl (C=O) groups is 1. The van der Waals surface area contributed by atoms with Gasteiger partial charge in [-0.25, -0.2) is 9.78 Å². The van der Waals surface area contributed by atoms with Gasteiger partial charge >= 0.3 is 12.5 Å². The molecule has 0 N–H and O–H groups in total. The van der Waals surface area contributed by atoms with Crippen LogP contribution >= 0.6 is 0 Å². The van der Waals surface area contributed by atoms with Gasteiger partial charge in [0.1, 0.15) is 0 Å². The van der Waals surface area contributed by atoms with Crippen LogP contribution in [0.15, 0.2) is 36.4 Å². The van der Waals surface area contributed by atoms with E-state index in [1.807, 2.05) is 0 Å². The third-order valence-electron chi connectivity index (χ3n) is 4.76. The van der Waals surface area contributed by atoms with Crippen molar-refractivity contribution in [3.63, 3.8) is 0 Å². The summed E-state index contributed by atoms with van der Waals surface area (Å²) in [5, 5.41) is 8.01. The smallest absolute Gasteiger partial charge is 0.359 e. The van der Waals surface area contributed by atoms with Gasteiger partial charge < -0.3 is 9.64 Å². The molecule has 1 aromatic carbocycles. The van der Waals surface area contributed by atoms with E-state index in [1.54, 1.807) is 30.3 Å². The molecule has 7 nitrogen and oxygen atoms in total. The molecule has 1 unspecified atom stereocenters. The minimum atomic E-state index is -2.80. The van der Waals surface area contributed by atoms with Crippen molar-refractivity contribution in [3.8, 4) is 0 Å². The molecule has 3 aromatic rings. The Bertz CT molecular complexity index is 984. The van der Waals surface area contributed by atoms with E-state index in [0.29, 0.717) is 11.3 Å². The Labute approximate surface area is 159 Å². The zero-order chi connectivity index (χ0) is 19.7. The van der Waals surface area contributed by atoms with Gasteiger partial charge in [0.2, 0.25) is 0 Å². The second-order valence-electron chi connectivity index (χ2n) is 6.62. The van der Waals surface area contributed by atoms with E-state index in [-0.39, 0.29) is 17.0 Å². The summed E-state index contributed by atoms with van der Waals surface area (Å²) >= 11 is 0. The lowest BCUT2D eigenvalue weighted by atomic mass is 10.3. The molecule has 146 valence electrons. The number of aromatic nitrogens is 4. The SMILES string of the molecule is CC(OC(=O)c1ccc(N2CCCC2)nn1)c1nc2ccccc2n1C(F)F. The molecule has 1 atom stereocenters. The monoisotopic (exact) mass is 387 g/mol. The number of benzene rings is 1. The molecule has 1 fully saturated rings. The lowest BCUT2D eigenvalue weighted by Crippen LogP contribution is -2.20. The molecular formula is C19H19F2N5O2. The third-order valence-corrected chi connectivity index (χ3v) is 4.76. The van der Waals surface area contributed by atoms with Crippen molar-refractivity contribution in [1.82, 2.24) is 19.7 Å². The first-order chi connectivity index (χ1) is 13.5. The Kier molecular flexibility index (Phi) is 4.89. The number of halogens is 2. The summed E-state index contributed by atoms with van der Waals surface area (Å²) in [5.41, 5.74) is 0.718. The molecule has 0 bridgehead atoms. The summed E-state index contributed by atoms with van der Waals surface area (Å²) in [7, 11) is 0. The number of rotatable bonds is 5. The van der Waals surface area contributed by atoms with E-state index in [2.05, 4.69) is 20.1 Å². The summed E-state index contributed by atoms with van der Waals surface area (Å²) in [5.74, 6) is -0.0476. The van der Waals surface area contributed by atoms with Crippen LogP contribution in [0.5, 0.6) is 0 Å². The van der Waals surface area contributed by atoms with E-state index in [0.717, 1.165) is 30.5 Å². The fourth-order valence-electron chi connectivity index (χ4n) is 3.38. The highest BCUT2D eigenvalue weighted by molar-refractivity contribution is 5.87. The first-order valence-electron chi connectivity index (χ1n) is 9.09. The molecule has 3 heterocycles. The molecule has 0 spiro atoms. The first kappa shape index (κ1) is 18.3. The molecule has 0 radical (unpaired) electrons. The van der Waals surface area contributed by atoms with Crippen LogP contribution in [0, 0.1) is 0 Å². The van der Waals surface area contributed by atoms with Crippen LogP contribution in [-0.2, 0) is 4.74 Å². The summed E-state index contributed by atoms with van der Waals surface area (Å²) in [4.78, 5) is 18.7. The summed E-state index contributed by atoms with van der Waals surface area (Å²) < 4.78 is 33.2. The standard InChI is InChI=1S/C19H19F2N5O2/c1-12(17-22-13-6-2-3-7-15(13)26(17)19(20)21)28-18(27)14-8-9-16(24-23-14)25-10-4-5-11-25/h2-3,6-9,12,19H,4-5,10-11H2,1H3. The zero-order valence-corrected chi connectivity index (χ0v) is 15.3. The van der Waals surface area contributed by atoms with E-state index >= 15 is 0 Å². The highest BCUT2D eigenvalue weighted by Crippen LogP contribution is 2.28. The highest BCUT2D eigenvalue weighted by atomic mass is 19.3.